The van der Waals surface area contributed by atoms with E-state index in [0.29, 0.717) is 11.5 Å². The molecule has 0 spiro atoms. The minimum absolute atomic E-state index is 0.0680. The van der Waals surface area contributed by atoms with E-state index in [9.17, 15) is 4.79 Å². The molecule has 1 N–H and O–H groups in total. The van der Waals surface area contributed by atoms with Gasteiger partial charge in [0.2, 0.25) is 5.76 Å². The van der Waals surface area contributed by atoms with Crippen molar-refractivity contribution in [3.8, 4) is 5.75 Å². The number of aryl methyl sites for hydroxylation is 1. The number of carbonyl (C=O) groups is 1. The van der Waals surface area contributed by atoms with Crippen molar-refractivity contribution in [3.05, 3.63) is 51.4 Å². The number of benzene rings is 1. The molecule has 1 aromatic carbocycles. The van der Waals surface area contributed by atoms with Crippen molar-refractivity contribution in [2.24, 2.45) is 0 Å². The highest BCUT2D eigenvalue weighted by Crippen LogP contribution is 2.32. The summed E-state index contributed by atoms with van der Waals surface area (Å²) in [6.45, 7) is 8.44. The molecule has 0 amide bonds. The number of carboxylic acids is 1. The smallest absolute Gasteiger partial charge is 0.371 e. The molecular formula is C17H19BrO4. The Balaban J connectivity index is 2.14. The van der Waals surface area contributed by atoms with Gasteiger partial charge in [-0.15, -0.1) is 0 Å². The Labute approximate surface area is 138 Å². The minimum Gasteiger partial charge on any atom is -0.488 e. The molecule has 5 heteroatoms. The van der Waals surface area contributed by atoms with Crippen molar-refractivity contribution < 1.29 is 19.1 Å². The molecule has 0 aliphatic carbocycles. The first-order valence-electron chi connectivity index (χ1n) is 6.94. The van der Waals surface area contributed by atoms with Gasteiger partial charge in [-0.25, -0.2) is 4.79 Å². The van der Waals surface area contributed by atoms with Crippen molar-refractivity contribution >= 4 is 21.9 Å². The highest BCUT2D eigenvalue weighted by atomic mass is 79.9. The first-order chi connectivity index (χ1) is 10.2. The van der Waals surface area contributed by atoms with E-state index in [1.165, 1.54) is 11.6 Å². The number of ether oxygens (including phenoxy) is 1. The van der Waals surface area contributed by atoms with Crippen LogP contribution in [-0.2, 0) is 12.0 Å². The molecule has 0 saturated heterocycles. The van der Waals surface area contributed by atoms with E-state index < -0.39 is 5.97 Å². The summed E-state index contributed by atoms with van der Waals surface area (Å²) in [5.41, 5.74) is 2.00. The largest absolute Gasteiger partial charge is 0.488 e. The molecule has 0 fully saturated rings. The van der Waals surface area contributed by atoms with Gasteiger partial charge in [-0.3, -0.25) is 0 Å². The average molecular weight is 367 g/mol. The second kappa shape index (κ2) is 6.16. The van der Waals surface area contributed by atoms with E-state index in [2.05, 4.69) is 36.7 Å². The zero-order valence-electron chi connectivity index (χ0n) is 13.1. The van der Waals surface area contributed by atoms with E-state index in [1.807, 2.05) is 18.2 Å². The SMILES string of the molecule is Cc1oc(C(=O)O)cc1COc1ccc(C(C)(C)C)cc1Br. The molecule has 4 nitrogen and oxygen atoms in total. The molecular weight excluding hydrogens is 348 g/mol. The van der Waals surface area contributed by atoms with Gasteiger partial charge in [-0.05, 0) is 52.0 Å². The van der Waals surface area contributed by atoms with E-state index in [-0.39, 0.29) is 17.8 Å². The van der Waals surface area contributed by atoms with Crippen LogP contribution in [0.3, 0.4) is 0 Å². The molecule has 0 aliphatic rings. The van der Waals surface area contributed by atoms with Crippen LogP contribution in [0, 0.1) is 6.92 Å². The molecule has 0 unspecified atom stereocenters. The summed E-state index contributed by atoms with van der Waals surface area (Å²) in [5, 5.41) is 8.92. The van der Waals surface area contributed by atoms with Gasteiger partial charge in [0, 0.05) is 5.56 Å². The Kier molecular flexibility index (Phi) is 4.66. The predicted molar refractivity (Wildman–Crippen MR) is 87.6 cm³/mol. The lowest BCUT2D eigenvalue weighted by Crippen LogP contribution is -2.11. The third-order valence-electron chi connectivity index (χ3n) is 3.41. The van der Waals surface area contributed by atoms with Crippen molar-refractivity contribution in [3.63, 3.8) is 0 Å². The maximum atomic E-state index is 10.9. The van der Waals surface area contributed by atoms with Crippen molar-refractivity contribution in [1.82, 2.24) is 0 Å². The number of aromatic carboxylic acids is 1. The zero-order valence-corrected chi connectivity index (χ0v) is 14.7. The summed E-state index contributed by atoms with van der Waals surface area (Å²) < 4.78 is 11.8. The number of carboxylic acid groups (broad SMARTS) is 1. The second-order valence-corrected chi connectivity index (χ2v) is 7.04. The second-order valence-electron chi connectivity index (χ2n) is 6.18. The van der Waals surface area contributed by atoms with E-state index >= 15 is 0 Å². The van der Waals surface area contributed by atoms with Gasteiger partial charge in [0.05, 0.1) is 4.47 Å². The quantitative estimate of drug-likeness (QED) is 0.833. The fourth-order valence-electron chi connectivity index (χ4n) is 2.01. The fourth-order valence-corrected chi connectivity index (χ4v) is 2.50. The lowest BCUT2D eigenvalue weighted by Gasteiger charge is -2.20. The Morgan fingerprint density at radius 3 is 2.50 bits per heavy atom. The zero-order chi connectivity index (χ0) is 16.5. The van der Waals surface area contributed by atoms with Gasteiger partial charge in [0.25, 0.3) is 0 Å². The summed E-state index contributed by atoms with van der Waals surface area (Å²) in [6, 6.07) is 7.48. The van der Waals surface area contributed by atoms with Gasteiger partial charge in [-0.2, -0.15) is 0 Å². The highest BCUT2D eigenvalue weighted by Gasteiger charge is 2.16. The van der Waals surface area contributed by atoms with Crippen LogP contribution in [0.5, 0.6) is 5.75 Å². The maximum absolute atomic E-state index is 10.9. The van der Waals surface area contributed by atoms with Crippen LogP contribution in [0.4, 0.5) is 0 Å². The molecule has 0 bridgehead atoms. The number of furan rings is 1. The van der Waals surface area contributed by atoms with Crippen molar-refractivity contribution in [1.29, 1.82) is 0 Å². The fraction of sp³-hybridized carbons (Fsp3) is 0.353. The highest BCUT2D eigenvalue weighted by molar-refractivity contribution is 9.10. The van der Waals surface area contributed by atoms with Crippen molar-refractivity contribution in [2.45, 2.75) is 39.7 Å². The van der Waals surface area contributed by atoms with Crippen LogP contribution in [0.15, 0.2) is 33.2 Å². The molecule has 2 aromatic rings. The normalized spacial score (nSPS) is 11.5. The Morgan fingerprint density at radius 1 is 1.32 bits per heavy atom. The van der Waals surface area contributed by atoms with Gasteiger partial charge >= 0.3 is 5.97 Å². The Hall–Kier alpha value is -1.75. The van der Waals surface area contributed by atoms with Crippen LogP contribution in [0.1, 0.15) is 48.2 Å². The summed E-state index contributed by atoms with van der Waals surface area (Å²) >= 11 is 3.52. The number of hydrogen-bond donors (Lipinski definition) is 1. The van der Waals surface area contributed by atoms with E-state index in [0.717, 1.165) is 10.0 Å². The Bertz CT molecular complexity index is 695. The molecule has 2 rings (SSSR count). The maximum Gasteiger partial charge on any atom is 0.371 e. The molecule has 1 aromatic heterocycles. The molecule has 1 heterocycles. The Morgan fingerprint density at radius 2 is 2.00 bits per heavy atom. The van der Waals surface area contributed by atoms with E-state index in [1.54, 1.807) is 6.92 Å². The molecule has 0 radical (unpaired) electrons. The lowest BCUT2D eigenvalue weighted by atomic mass is 9.87. The van der Waals surface area contributed by atoms with E-state index in [4.69, 9.17) is 14.3 Å². The van der Waals surface area contributed by atoms with Crippen LogP contribution >= 0.6 is 15.9 Å². The third-order valence-corrected chi connectivity index (χ3v) is 4.03. The van der Waals surface area contributed by atoms with Gasteiger partial charge < -0.3 is 14.3 Å². The molecule has 0 saturated carbocycles. The number of halogens is 1. The van der Waals surface area contributed by atoms with Crippen LogP contribution in [0.2, 0.25) is 0 Å². The summed E-state index contributed by atoms with van der Waals surface area (Å²) in [6.07, 6.45) is 0. The molecule has 0 atom stereocenters. The summed E-state index contributed by atoms with van der Waals surface area (Å²) in [5.74, 6) is 0.119. The van der Waals surface area contributed by atoms with Gasteiger partial charge in [0.1, 0.15) is 18.1 Å². The molecule has 0 aliphatic heterocycles. The van der Waals surface area contributed by atoms with Gasteiger partial charge in [-0.1, -0.05) is 26.8 Å². The minimum atomic E-state index is -1.08. The topological polar surface area (TPSA) is 59.7 Å². The standard InChI is InChI=1S/C17H19BrO4/c1-10-11(7-15(22-10)16(19)20)9-21-14-6-5-12(8-13(14)18)17(2,3)4/h5-8H,9H2,1-4H3,(H,19,20). The molecule has 22 heavy (non-hydrogen) atoms. The monoisotopic (exact) mass is 366 g/mol. The van der Waals surface area contributed by atoms with Crippen LogP contribution < -0.4 is 4.74 Å². The summed E-state index contributed by atoms with van der Waals surface area (Å²) in [4.78, 5) is 10.9. The van der Waals surface area contributed by atoms with Crippen molar-refractivity contribution in [2.75, 3.05) is 0 Å². The van der Waals surface area contributed by atoms with Crippen LogP contribution in [-0.4, -0.2) is 11.1 Å². The number of rotatable bonds is 4. The summed E-state index contributed by atoms with van der Waals surface area (Å²) in [7, 11) is 0. The van der Waals surface area contributed by atoms with Crippen LogP contribution in [0.25, 0.3) is 0 Å². The third kappa shape index (κ3) is 3.71. The predicted octanol–water partition coefficient (Wildman–Crippen LogP) is 4.93. The average Bonchev–Trinajstić information content (AvgIpc) is 2.78. The number of hydrogen-bond acceptors (Lipinski definition) is 3. The first-order valence-corrected chi connectivity index (χ1v) is 7.73. The molecule has 118 valence electrons. The van der Waals surface area contributed by atoms with Gasteiger partial charge in [0.15, 0.2) is 0 Å². The first kappa shape index (κ1) is 16.6. The lowest BCUT2D eigenvalue weighted by molar-refractivity contribution is 0.0661.